The molecule has 0 radical (unpaired) electrons. The van der Waals surface area contributed by atoms with Gasteiger partial charge in [0.15, 0.2) is 0 Å². The van der Waals surface area contributed by atoms with Gasteiger partial charge in [-0.05, 0) is 36.6 Å². The van der Waals surface area contributed by atoms with E-state index in [1.54, 1.807) is 18.2 Å². The van der Waals surface area contributed by atoms with E-state index in [9.17, 15) is 8.42 Å². The lowest BCUT2D eigenvalue weighted by atomic mass is 10.1. The molecule has 0 amide bonds. The fourth-order valence-electron chi connectivity index (χ4n) is 1.68. The molecule has 0 spiro atoms. The van der Waals surface area contributed by atoms with E-state index in [4.69, 9.17) is 0 Å². The average molecular weight is 390 g/mol. The summed E-state index contributed by atoms with van der Waals surface area (Å²) in [5.41, 5.74) is 0.857. The molecular formula is C13H16BrN3O2S2. The van der Waals surface area contributed by atoms with Crippen molar-refractivity contribution >= 4 is 42.4 Å². The van der Waals surface area contributed by atoms with E-state index in [0.29, 0.717) is 11.0 Å². The second-order valence-electron chi connectivity index (χ2n) is 5.12. The molecule has 8 heteroatoms. The number of nitrogens with zero attached hydrogens (tertiary/aromatic N) is 2. The van der Waals surface area contributed by atoms with Gasteiger partial charge in [0.05, 0.1) is 4.90 Å². The standard InChI is InChI=1S/C13H16BrN3O2S2/c1-8(2)6-12-15-16-13(20-12)17-21(18,19)10-4-5-11(14)9(3)7-10/h4-5,7-8H,6H2,1-3H3,(H,16,17). The molecule has 2 aromatic rings. The minimum absolute atomic E-state index is 0.212. The Hall–Kier alpha value is -0.990. The van der Waals surface area contributed by atoms with Gasteiger partial charge >= 0.3 is 0 Å². The van der Waals surface area contributed by atoms with E-state index in [-0.39, 0.29) is 4.90 Å². The third kappa shape index (κ3) is 4.24. The first-order chi connectivity index (χ1) is 9.78. The zero-order valence-corrected chi connectivity index (χ0v) is 15.1. The maximum atomic E-state index is 12.3. The quantitative estimate of drug-likeness (QED) is 0.847. The molecule has 2 rings (SSSR count). The number of rotatable bonds is 5. The number of benzene rings is 1. The molecule has 0 atom stereocenters. The lowest BCUT2D eigenvalue weighted by Gasteiger charge is -2.06. The lowest BCUT2D eigenvalue weighted by Crippen LogP contribution is -2.13. The van der Waals surface area contributed by atoms with Gasteiger partial charge in [-0.15, -0.1) is 10.2 Å². The van der Waals surface area contributed by atoms with E-state index < -0.39 is 10.0 Å². The van der Waals surface area contributed by atoms with Crippen LogP contribution in [0.15, 0.2) is 27.6 Å². The summed E-state index contributed by atoms with van der Waals surface area (Å²) in [6, 6.07) is 4.88. The Labute approximate surface area is 137 Å². The second-order valence-corrected chi connectivity index (χ2v) is 8.71. The topological polar surface area (TPSA) is 72.0 Å². The van der Waals surface area contributed by atoms with Crippen LogP contribution in [0, 0.1) is 12.8 Å². The molecule has 114 valence electrons. The molecule has 0 aliphatic rings. The van der Waals surface area contributed by atoms with E-state index in [1.165, 1.54) is 11.3 Å². The second kappa shape index (κ2) is 6.41. The number of anilines is 1. The van der Waals surface area contributed by atoms with Gasteiger partial charge in [-0.1, -0.05) is 41.1 Å². The summed E-state index contributed by atoms with van der Waals surface area (Å²) in [4.78, 5) is 0.212. The highest BCUT2D eigenvalue weighted by Gasteiger charge is 2.17. The Balaban J connectivity index is 2.20. The smallest absolute Gasteiger partial charge is 0.253 e. The Morgan fingerprint density at radius 3 is 2.67 bits per heavy atom. The first-order valence-corrected chi connectivity index (χ1v) is 9.48. The normalized spacial score (nSPS) is 11.9. The number of aromatic nitrogens is 2. The van der Waals surface area contributed by atoms with Crippen molar-refractivity contribution in [3.05, 3.63) is 33.2 Å². The number of nitrogens with one attached hydrogen (secondary N) is 1. The molecule has 1 aromatic carbocycles. The average Bonchev–Trinajstić information content (AvgIpc) is 2.78. The largest absolute Gasteiger partial charge is 0.263 e. The first kappa shape index (κ1) is 16.4. The Bertz CT molecular complexity index is 742. The summed E-state index contributed by atoms with van der Waals surface area (Å²) in [6.07, 6.45) is 0.788. The fraction of sp³-hybridized carbons (Fsp3) is 0.385. The van der Waals surface area contributed by atoms with Crippen LogP contribution in [0.3, 0.4) is 0 Å². The summed E-state index contributed by atoms with van der Waals surface area (Å²) in [5, 5.41) is 9.01. The van der Waals surface area contributed by atoms with Crippen molar-refractivity contribution < 1.29 is 8.42 Å². The van der Waals surface area contributed by atoms with Crippen LogP contribution in [0.2, 0.25) is 0 Å². The maximum Gasteiger partial charge on any atom is 0.263 e. The fourth-order valence-corrected chi connectivity index (χ4v) is 4.20. The number of hydrogen-bond acceptors (Lipinski definition) is 5. The van der Waals surface area contributed by atoms with Crippen molar-refractivity contribution in [2.24, 2.45) is 5.92 Å². The highest BCUT2D eigenvalue weighted by molar-refractivity contribution is 9.10. The van der Waals surface area contributed by atoms with Crippen LogP contribution in [-0.2, 0) is 16.4 Å². The molecular weight excluding hydrogens is 374 g/mol. The zero-order chi connectivity index (χ0) is 15.6. The van der Waals surface area contributed by atoms with Crippen LogP contribution in [0.25, 0.3) is 0 Å². The molecule has 0 saturated carbocycles. The molecule has 21 heavy (non-hydrogen) atoms. The third-order valence-electron chi connectivity index (χ3n) is 2.71. The number of hydrogen-bond donors (Lipinski definition) is 1. The summed E-state index contributed by atoms with van der Waals surface area (Å²) < 4.78 is 28.0. The van der Waals surface area contributed by atoms with Crippen molar-refractivity contribution in [3.63, 3.8) is 0 Å². The first-order valence-electron chi connectivity index (χ1n) is 6.39. The minimum Gasteiger partial charge on any atom is -0.253 e. The van der Waals surface area contributed by atoms with Crippen molar-refractivity contribution in [3.8, 4) is 0 Å². The van der Waals surface area contributed by atoms with Gasteiger partial charge in [0.2, 0.25) is 5.13 Å². The van der Waals surface area contributed by atoms with Crippen LogP contribution in [0.1, 0.15) is 24.4 Å². The van der Waals surface area contributed by atoms with Crippen LogP contribution >= 0.6 is 27.3 Å². The van der Waals surface area contributed by atoms with E-state index in [0.717, 1.165) is 21.5 Å². The Kier molecular flexibility index (Phi) is 5.00. The van der Waals surface area contributed by atoms with Gasteiger partial charge in [0.1, 0.15) is 5.01 Å². The molecule has 0 aliphatic carbocycles. The number of aryl methyl sites for hydroxylation is 1. The lowest BCUT2D eigenvalue weighted by molar-refractivity contribution is 0.601. The molecule has 0 unspecified atom stereocenters. The van der Waals surface area contributed by atoms with Crippen LogP contribution in [0.4, 0.5) is 5.13 Å². The highest BCUT2D eigenvalue weighted by Crippen LogP contribution is 2.24. The monoisotopic (exact) mass is 389 g/mol. The SMILES string of the molecule is Cc1cc(S(=O)(=O)Nc2nnc(CC(C)C)s2)ccc1Br. The minimum atomic E-state index is -3.63. The van der Waals surface area contributed by atoms with Crippen LogP contribution in [-0.4, -0.2) is 18.6 Å². The van der Waals surface area contributed by atoms with E-state index in [1.807, 2.05) is 6.92 Å². The Morgan fingerprint density at radius 1 is 1.33 bits per heavy atom. The summed E-state index contributed by atoms with van der Waals surface area (Å²) in [7, 11) is -3.63. The van der Waals surface area contributed by atoms with Crippen molar-refractivity contribution in [2.45, 2.75) is 32.1 Å². The van der Waals surface area contributed by atoms with Gasteiger partial charge in [-0.3, -0.25) is 4.72 Å². The van der Waals surface area contributed by atoms with E-state index >= 15 is 0 Å². The number of sulfonamides is 1. The molecule has 0 saturated heterocycles. The third-order valence-corrected chi connectivity index (χ3v) is 5.93. The predicted molar refractivity (Wildman–Crippen MR) is 88.1 cm³/mol. The van der Waals surface area contributed by atoms with Gasteiger partial charge in [-0.25, -0.2) is 8.42 Å². The maximum absolute atomic E-state index is 12.3. The summed E-state index contributed by atoms with van der Waals surface area (Å²) in [5.74, 6) is 0.455. The van der Waals surface area contributed by atoms with Crippen LogP contribution in [0.5, 0.6) is 0 Å². The Morgan fingerprint density at radius 2 is 2.05 bits per heavy atom. The number of halogens is 1. The highest BCUT2D eigenvalue weighted by atomic mass is 79.9. The van der Waals surface area contributed by atoms with Gasteiger partial charge < -0.3 is 0 Å². The van der Waals surface area contributed by atoms with Crippen molar-refractivity contribution in [1.29, 1.82) is 0 Å². The zero-order valence-electron chi connectivity index (χ0n) is 11.9. The van der Waals surface area contributed by atoms with Gasteiger partial charge in [-0.2, -0.15) is 0 Å². The van der Waals surface area contributed by atoms with Gasteiger partial charge in [0, 0.05) is 10.9 Å². The molecule has 1 N–H and O–H groups in total. The molecule has 0 fully saturated rings. The molecule has 1 heterocycles. The molecule has 0 aliphatic heterocycles. The molecule has 5 nitrogen and oxygen atoms in total. The summed E-state index contributed by atoms with van der Waals surface area (Å²) in [6.45, 7) is 6.00. The molecule has 1 aromatic heterocycles. The van der Waals surface area contributed by atoms with Crippen molar-refractivity contribution in [1.82, 2.24) is 10.2 Å². The summed E-state index contributed by atoms with van der Waals surface area (Å²) >= 11 is 4.62. The van der Waals surface area contributed by atoms with Gasteiger partial charge in [0.25, 0.3) is 10.0 Å². The predicted octanol–water partition coefficient (Wildman–Crippen LogP) is 3.61. The molecule has 0 bridgehead atoms. The van der Waals surface area contributed by atoms with Crippen molar-refractivity contribution in [2.75, 3.05) is 4.72 Å². The van der Waals surface area contributed by atoms with E-state index in [2.05, 4.69) is 44.7 Å². The van der Waals surface area contributed by atoms with Crippen LogP contribution < -0.4 is 4.72 Å².